The van der Waals surface area contributed by atoms with Crippen LogP contribution in [0.5, 0.6) is 11.5 Å². The molecule has 0 unspecified atom stereocenters. The van der Waals surface area contributed by atoms with Crippen LogP contribution in [0, 0.1) is 0 Å². The number of rotatable bonds is 3. The largest absolute Gasteiger partial charge is 0.493 e. The highest BCUT2D eigenvalue weighted by Crippen LogP contribution is 2.34. The van der Waals surface area contributed by atoms with Crippen LogP contribution in [-0.2, 0) is 13.0 Å². The zero-order valence-corrected chi connectivity index (χ0v) is 9.12. The van der Waals surface area contributed by atoms with Crippen molar-refractivity contribution in [2.24, 2.45) is 0 Å². The summed E-state index contributed by atoms with van der Waals surface area (Å²) in [5, 5.41) is 9.21. The number of ether oxygens (including phenoxy) is 2. The van der Waals surface area contributed by atoms with Crippen LogP contribution >= 0.6 is 0 Å². The van der Waals surface area contributed by atoms with Gasteiger partial charge in [0.15, 0.2) is 0 Å². The number of hydrogen-bond donors (Lipinski definition) is 1. The van der Waals surface area contributed by atoms with E-state index >= 15 is 0 Å². The Morgan fingerprint density at radius 2 is 2.33 bits per heavy atom. The first-order chi connectivity index (χ1) is 7.24. The summed E-state index contributed by atoms with van der Waals surface area (Å²) in [5.74, 6) is 1.66. The summed E-state index contributed by atoms with van der Waals surface area (Å²) in [6.07, 6.45) is 1.14. The fraction of sp³-hybridized carbons (Fsp3) is 0.500. The van der Waals surface area contributed by atoms with E-state index in [1.807, 2.05) is 26.0 Å². The Labute approximate surface area is 89.6 Å². The second-order valence-electron chi connectivity index (χ2n) is 3.79. The first kappa shape index (κ1) is 10.3. The first-order valence-electron chi connectivity index (χ1n) is 5.30. The SMILES string of the molecule is CCOc1cc2c(cc1CO)O[C@H](C)C2. The van der Waals surface area contributed by atoms with Crippen molar-refractivity contribution >= 4 is 0 Å². The number of hydrogen-bond acceptors (Lipinski definition) is 3. The molecule has 1 heterocycles. The molecule has 0 radical (unpaired) electrons. The maximum atomic E-state index is 9.21. The molecule has 3 heteroatoms. The average molecular weight is 208 g/mol. The van der Waals surface area contributed by atoms with Crippen LogP contribution in [0.1, 0.15) is 25.0 Å². The van der Waals surface area contributed by atoms with Gasteiger partial charge in [-0.25, -0.2) is 0 Å². The Hall–Kier alpha value is -1.22. The van der Waals surface area contributed by atoms with E-state index in [9.17, 15) is 5.11 Å². The molecular formula is C12H16O3. The predicted octanol–water partition coefficient (Wildman–Crippen LogP) is 1.90. The van der Waals surface area contributed by atoms with Crippen LogP contribution in [0.15, 0.2) is 12.1 Å². The fourth-order valence-corrected chi connectivity index (χ4v) is 1.89. The van der Waals surface area contributed by atoms with Crippen molar-refractivity contribution in [1.82, 2.24) is 0 Å². The predicted molar refractivity (Wildman–Crippen MR) is 57.3 cm³/mol. The number of benzene rings is 1. The third kappa shape index (κ3) is 1.92. The molecule has 1 aliphatic rings. The number of fused-ring (bicyclic) bond motifs is 1. The minimum absolute atomic E-state index is 0.0135. The lowest BCUT2D eigenvalue weighted by atomic mass is 10.1. The molecule has 3 nitrogen and oxygen atoms in total. The third-order valence-electron chi connectivity index (χ3n) is 2.55. The van der Waals surface area contributed by atoms with Crippen LogP contribution in [0.3, 0.4) is 0 Å². The monoisotopic (exact) mass is 208 g/mol. The van der Waals surface area contributed by atoms with Crippen LogP contribution in [0.25, 0.3) is 0 Å². The van der Waals surface area contributed by atoms with E-state index in [4.69, 9.17) is 9.47 Å². The highest BCUT2D eigenvalue weighted by atomic mass is 16.5. The molecule has 0 fully saturated rings. The zero-order chi connectivity index (χ0) is 10.8. The second kappa shape index (κ2) is 4.11. The molecule has 0 bridgehead atoms. The molecule has 0 amide bonds. The van der Waals surface area contributed by atoms with Crippen LogP contribution < -0.4 is 9.47 Å². The van der Waals surface area contributed by atoms with Crippen molar-refractivity contribution < 1.29 is 14.6 Å². The standard InChI is InChI=1S/C12H16O3/c1-3-14-11-5-9-4-8(2)15-12(9)6-10(11)7-13/h5-6,8,13H,3-4,7H2,1-2H3/t8-/m1/s1. The summed E-state index contributed by atoms with van der Waals surface area (Å²) in [5.41, 5.74) is 1.97. The topological polar surface area (TPSA) is 38.7 Å². The van der Waals surface area contributed by atoms with E-state index in [1.165, 1.54) is 5.56 Å². The summed E-state index contributed by atoms with van der Waals surface area (Å²) in [6.45, 7) is 4.58. The second-order valence-corrected chi connectivity index (χ2v) is 3.79. The van der Waals surface area contributed by atoms with Gasteiger partial charge >= 0.3 is 0 Å². The van der Waals surface area contributed by atoms with Crippen molar-refractivity contribution in [2.45, 2.75) is 33.0 Å². The van der Waals surface area contributed by atoms with Gasteiger partial charge in [0.1, 0.15) is 17.6 Å². The summed E-state index contributed by atoms with van der Waals surface area (Å²) in [7, 11) is 0. The minimum Gasteiger partial charge on any atom is -0.493 e. The number of aliphatic hydroxyl groups is 1. The van der Waals surface area contributed by atoms with Gasteiger partial charge in [0.25, 0.3) is 0 Å². The lowest BCUT2D eigenvalue weighted by molar-refractivity contribution is 0.250. The molecule has 1 atom stereocenters. The van der Waals surface area contributed by atoms with Crippen molar-refractivity contribution in [1.29, 1.82) is 0 Å². The lowest BCUT2D eigenvalue weighted by Gasteiger charge is -2.10. The van der Waals surface area contributed by atoms with Gasteiger partial charge in [0.2, 0.25) is 0 Å². The van der Waals surface area contributed by atoms with Gasteiger partial charge in [-0.15, -0.1) is 0 Å². The van der Waals surface area contributed by atoms with E-state index in [1.54, 1.807) is 0 Å². The van der Waals surface area contributed by atoms with Crippen molar-refractivity contribution in [3.63, 3.8) is 0 Å². The van der Waals surface area contributed by atoms with Gasteiger partial charge in [-0.05, 0) is 26.0 Å². The highest BCUT2D eigenvalue weighted by molar-refractivity contribution is 5.48. The maximum Gasteiger partial charge on any atom is 0.125 e. The molecule has 2 rings (SSSR count). The molecule has 0 saturated heterocycles. The summed E-state index contributed by atoms with van der Waals surface area (Å²) >= 11 is 0. The molecule has 1 aliphatic heterocycles. The van der Waals surface area contributed by atoms with Gasteiger partial charge in [0.05, 0.1) is 13.2 Å². The molecule has 0 aromatic heterocycles. The third-order valence-corrected chi connectivity index (χ3v) is 2.55. The minimum atomic E-state index is -0.0135. The molecule has 1 N–H and O–H groups in total. The summed E-state index contributed by atoms with van der Waals surface area (Å²) in [4.78, 5) is 0. The Morgan fingerprint density at radius 3 is 3.00 bits per heavy atom. The van der Waals surface area contributed by atoms with Crippen LogP contribution in [-0.4, -0.2) is 17.8 Å². The first-order valence-corrected chi connectivity index (χ1v) is 5.30. The highest BCUT2D eigenvalue weighted by Gasteiger charge is 2.21. The molecule has 1 aromatic rings. The lowest BCUT2D eigenvalue weighted by Crippen LogP contribution is -2.05. The molecule has 15 heavy (non-hydrogen) atoms. The number of aliphatic hydroxyl groups excluding tert-OH is 1. The Kier molecular flexibility index (Phi) is 2.82. The normalized spacial score (nSPS) is 18.5. The quantitative estimate of drug-likeness (QED) is 0.824. The Balaban J connectivity index is 2.36. The van der Waals surface area contributed by atoms with Crippen molar-refractivity contribution in [3.8, 4) is 11.5 Å². The molecule has 0 saturated carbocycles. The van der Waals surface area contributed by atoms with Crippen LogP contribution in [0.2, 0.25) is 0 Å². The zero-order valence-electron chi connectivity index (χ0n) is 9.12. The summed E-state index contributed by atoms with van der Waals surface area (Å²) in [6, 6.07) is 3.86. The average Bonchev–Trinajstić information content (AvgIpc) is 2.56. The maximum absolute atomic E-state index is 9.21. The van der Waals surface area contributed by atoms with Gasteiger partial charge in [-0.1, -0.05) is 0 Å². The molecule has 0 aliphatic carbocycles. The van der Waals surface area contributed by atoms with E-state index in [2.05, 4.69) is 0 Å². The fourth-order valence-electron chi connectivity index (χ4n) is 1.89. The Bertz CT molecular complexity index is 360. The van der Waals surface area contributed by atoms with Gasteiger partial charge in [0, 0.05) is 17.5 Å². The summed E-state index contributed by atoms with van der Waals surface area (Å²) < 4.78 is 11.1. The molecule has 82 valence electrons. The Morgan fingerprint density at radius 1 is 1.53 bits per heavy atom. The van der Waals surface area contributed by atoms with Gasteiger partial charge in [-0.3, -0.25) is 0 Å². The van der Waals surface area contributed by atoms with E-state index in [0.29, 0.717) is 6.61 Å². The molecule has 0 spiro atoms. The van der Waals surface area contributed by atoms with E-state index < -0.39 is 0 Å². The van der Waals surface area contributed by atoms with Gasteiger partial charge in [-0.2, -0.15) is 0 Å². The smallest absolute Gasteiger partial charge is 0.125 e. The van der Waals surface area contributed by atoms with E-state index in [-0.39, 0.29) is 12.7 Å². The van der Waals surface area contributed by atoms with Crippen molar-refractivity contribution in [2.75, 3.05) is 6.61 Å². The van der Waals surface area contributed by atoms with E-state index in [0.717, 1.165) is 23.5 Å². The molecule has 1 aromatic carbocycles. The van der Waals surface area contributed by atoms with Gasteiger partial charge < -0.3 is 14.6 Å². The molecular weight excluding hydrogens is 192 g/mol. The van der Waals surface area contributed by atoms with Crippen LogP contribution in [0.4, 0.5) is 0 Å². The van der Waals surface area contributed by atoms with Crippen molar-refractivity contribution in [3.05, 3.63) is 23.3 Å².